The summed E-state index contributed by atoms with van der Waals surface area (Å²) in [7, 11) is 0. The second-order valence-electron chi connectivity index (χ2n) is 3.64. The van der Waals surface area contributed by atoms with E-state index in [-0.39, 0.29) is 25.1 Å². The van der Waals surface area contributed by atoms with Gasteiger partial charge in [-0.1, -0.05) is 0 Å². The first-order chi connectivity index (χ1) is 6.55. The largest absolute Gasteiger partial charge is 0.393 e. The number of carbonyl (C=O) groups is 1. The zero-order chi connectivity index (χ0) is 10.6. The summed E-state index contributed by atoms with van der Waals surface area (Å²) in [6, 6.07) is -0.172. The highest BCUT2D eigenvalue weighted by molar-refractivity contribution is 7.99. The average molecular weight is 220 g/mol. The molecule has 0 aromatic rings. The lowest BCUT2D eigenvalue weighted by Gasteiger charge is -2.21. The predicted molar refractivity (Wildman–Crippen MR) is 55.0 cm³/mol. The Morgan fingerprint density at radius 3 is 3.00 bits per heavy atom. The maximum atomic E-state index is 11.4. The molecule has 2 atom stereocenters. The lowest BCUT2D eigenvalue weighted by molar-refractivity contribution is -0.123. The molecule has 2 unspecified atom stereocenters. The van der Waals surface area contributed by atoms with Crippen molar-refractivity contribution in [2.75, 3.05) is 24.8 Å². The number of hydrogen-bond donors (Lipinski definition) is 4. The van der Waals surface area contributed by atoms with E-state index in [1.54, 1.807) is 11.8 Å². The lowest BCUT2D eigenvalue weighted by Crippen LogP contribution is -2.49. The first-order valence-electron chi connectivity index (χ1n) is 4.47. The molecule has 1 rings (SSSR count). The van der Waals surface area contributed by atoms with Crippen LogP contribution in [0.1, 0.15) is 6.92 Å². The van der Waals surface area contributed by atoms with Gasteiger partial charge < -0.3 is 15.5 Å². The summed E-state index contributed by atoms with van der Waals surface area (Å²) in [5.74, 6) is 1.42. The molecule has 4 N–H and O–H groups in total. The third-order valence-electron chi connectivity index (χ3n) is 2.02. The Morgan fingerprint density at radius 2 is 2.50 bits per heavy atom. The first-order valence-corrected chi connectivity index (χ1v) is 5.63. The smallest absolute Gasteiger partial charge is 0.238 e. The summed E-state index contributed by atoms with van der Waals surface area (Å²) in [4.78, 5) is 11.4. The molecule has 0 saturated carbocycles. The molecule has 1 fully saturated rings. The molecule has 1 heterocycles. The summed E-state index contributed by atoms with van der Waals surface area (Å²) in [5.41, 5.74) is -1.23. The predicted octanol–water partition coefficient (Wildman–Crippen LogP) is -1.49. The number of amides is 1. The summed E-state index contributed by atoms with van der Waals surface area (Å²) < 4.78 is 0. The molecule has 0 bridgehead atoms. The van der Waals surface area contributed by atoms with Crippen molar-refractivity contribution < 1.29 is 15.0 Å². The second kappa shape index (κ2) is 4.97. The van der Waals surface area contributed by atoms with Crippen LogP contribution in [0.5, 0.6) is 0 Å². The van der Waals surface area contributed by atoms with E-state index in [1.165, 1.54) is 6.92 Å². The van der Waals surface area contributed by atoms with Crippen LogP contribution in [0.15, 0.2) is 0 Å². The van der Waals surface area contributed by atoms with Crippen molar-refractivity contribution in [3.63, 3.8) is 0 Å². The molecule has 1 saturated heterocycles. The van der Waals surface area contributed by atoms with E-state index >= 15 is 0 Å². The number of nitrogens with one attached hydrogen (secondary N) is 2. The molecule has 0 aromatic carbocycles. The minimum absolute atomic E-state index is 0.0746. The van der Waals surface area contributed by atoms with Crippen LogP contribution in [-0.2, 0) is 4.79 Å². The van der Waals surface area contributed by atoms with Crippen molar-refractivity contribution in [2.24, 2.45) is 0 Å². The average Bonchev–Trinajstić information content (AvgIpc) is 2.67. The van der Waals surface area contributed by atoms with Gasteiger partial charge >= 0.3 is 0 Å². The van der Waals surface area contributed by atoms with Crippen molar-refractivity contribution in [3.8, 4) is 0 Å². The maximum Gasteiger partial charge on any atom is 0.238 e. The zero-order valence-corrected chi connectivity index (χ0v) is 8.93. The summed E-state index contributed by atoms with van der Waals surface area (Å²) in [6.07, 6.45) is 0. The molecule has 1 amide bonds. The standard InChI is InChI=1S/C8H16N2O3S/c1-8(13,4-11)3-9-7(12)6-2-14-5-10-6/h6,10-11,13H,2-5H2,1H3,(H,9,12). The van der Waals surface area contributed by atoms with Crippen LogP contribution in [0, 0.1) is 0 Å². The van der Waals surface area contributed by atoms with E-state index in [0.717, 1.165) is 11.6 Å². The van der Waals surface area contributed by atoms with Gasteiger partial charge in [-0.2, -0.15) is 0 Å². The van der Waals surface area contributed by atoms with E-state index < -0.39 is 5.60 Å². The Hall–Kier alpha value is -0.300. The van der Waals surface area contributed by atoms with Gasteiger partial charge in [0.25, 0.3) is 0 Å². The van der Waals surface area contributed by atoms with Gasteiger partial charge in [-0.3, -0.25) is 10.1 Å². The molecule has 1 aliphatic rings. The maximum absolute atomic E-state index is 11.4. The van der Waals surface area contributed by atoms with Gasteiger partial charge in [-0.25, -0.2) is 0 Å². The number of carbonyl (C=O) groups excluding carboxylic acids is 1. The van der Waals surface area contributed by atoms with Crippen LogP contribution in [0.2, 0.25) is 0 Å². The minimum Gasteiger partial charge on any atom is -0.393 e. The summed E-state index contributed by atoms with van der Waals surface area (Å²) in [5, 5.41) is 23.8. The molecule has 6 heteroatoms. The molecule has 5 nitrogen and oxygen atoms in total. The molecule has 82 valence electrons. The monoisotopic (exact) mass is 220 g/mol. The van der Waals surface area contributed by atoms with Crippen molar-refractivity contribution in [1.82, 2.24) is 10.6 Å². The van der Waals surface area contributed by atoms with Crippen molar-refractivity contribution >= 4 is 17.7 Å². The van der Waals surface area contributed by atoms with Gasteiger partial charge in [-0.05, 0) is 6.92 Å². The lowest BCUT2D eigenvalue weighted by atomic mass is 10.1. The Balaban J connectivity index is 2.27. The van der Waals surface area contributed by atoms with Gasteiger partial charge in [0.1, 0.15) is 5.60 Å². The van der Waals surface area contributed by atoms with Crippen molar-refractivity contribution in [3.05, 3.63) is 0 Å². The van der Waals surface area contributed by atoms with Crippen LogP contribution in [-0.4, -0.2) is 52.5 Å². The van der Waals surface area contributed by atoms with Crippen LogP contribution >= 0.6 is 11.8 Å². The molecule has 14 heavy (non-hydrogen) atoms. The topological polar surface area (TPSA) is 81.6 Å². The first kappa shape index (κ1) is 11.8. The second-order valence-corrected chi connectivity index (χ2v) is 4.67. The number of rotatable bonds is 4. The molecule has 0 aromatic heterocycles. The number of aliphatic hydroxyl groups is 2. The molecule has 0 spiro atoms. The fraction of sp³-hybridized carbons (Fsp3) is 0.875. The Bertz CT molecular complexity index is 205. The van der Waals surface area contributed by atoms with Gasteiger partial charge in [0.2, 0.25) is 5.91 Å². The van der Waals surface area contributed by atoms with E-state index in [4.69, 9.17) is 5.11 Å². The highest BCUT2D eigenvalue weighted by Crippen LogP contribution is 2.09. The zero-order valence-electron chi connectivity index (χ0n) is 8.12. The molecule has 0 aliphatic carbocycles. The van der Waals surface area contributed by atoms with Crippen LogP contribution < -0.4 is 10.6 Å². The third kappa shape index (κ3) is 3.45. The van der Waals surface area contributed by atoms with Gasteiger partial charge in [0.15, 0.2) is 0 Å². The summed E-state index contributed by atoms with van der Waals surface area (Å²) in [6.45, 7) is 1.19. The Kier molecular flexibility index (Phi) is 4.18. The molecular formula is C8H16N2O3S. The van der Waals surface area contributed by atoms with Gasteiger partial charge in [0.05, 0.1) is 12.6 Å². The number of aliphatic hydroxyl groups excluding tert-OH is 1. The quantitative estimate of drug-likeness (QED) is 0.464. The van der Waals surface area contributed by atoms with Gasteiger partial charge in [-0.15, -0.1) is 11.8 Å². The van der Waals surface area contributed by atoms with Crippen molar-refractivity contribution in [1.29, 1.82) is 0 Å². The van der Waals surface area contributed by atoms with Gasteiger partial charge in [0, 0.05) is 18.2 Å². The van der Waals surface area contributed by atoms with Crippen LogP contribution in [0.25, 0.3) is 0 Å². The SMILES string of the molecule is CC(O)(CO)CNC(=O)C1CSCN1. The van der Waals surface area contributed by atoms with E-state index in [0.29, 0.717) is 0 Å². The Morgan fingerprint density at radius 1 is 1.79 bits per heavy atom. The Labute approximate surface area is 87.3 Å². The summed E-state index contributed by atoms with van der Waals surface area (Å²) >= 11 is 1.67. The normalized spacial score (nSPS) is 25.8. The van der Waals surface area contributed by atoms with Crippen LogP contribution in [0.4, 0.5) is 0 Å². The van der Waals surface area contributed by atoms with Crippen molar-refractivity contribution in [2.45, 2.75) is 18.6 Å². The number of hydrogen-bond acceptors (Lipinski definition) is 5. The van der Waals surface area contributed by atoms with E-state index in [9.17, 15) is 9.90 Å². The molecule has 1 aliphatic heterocycles. The van der Waals surface area contributed by atoms with Crippen LogP contribution in [0.3, 0.4) is 0 Å². The highest BCUT2D eigenvalue weighted by Gasteiger charge is 2.25. The minimum atomic E-state index is -1.23. The molecular weight excluding hydrogens is 204 g/mol. The fourth-order valence-electron chi connectivity index (χ4n) is 1.02. The fourth-order valence-corrected chi connectivity index (χ4v) is 1.96. The third-order valence-corrected chi connectivity index (χ3v) is 2.96. The van der Waals surface area contributed by atoms with E-state index in [2.05, 4.69) is 10.6 Å². The number of thioether (sulfide) groups is 1. The highest BCUT2D eigenvalue weighted by atomic mass is 32.2. The molecule has 0 radical (unpaired) electrons. The van der Waals surface area contributed by atoms with E-state index in [1.807, 2.05) is 0 Å².